The van der Waals surface area contributed by atoms with Crippen LogP contribution in [0.1, 0.15) is 5.56 Å². The van der Waals surface area contributed by atoms with Crippen LogP contribution in [0, 0.1) is 6.92 Å². The largest absolute Gasteiger partial charge is 0.495 e. The molecule has 1 unspecified atom stereocenters. The zero-order valence-corrected chi connectivity index (χ0v) is 13.6. The van der Waals surface area contributed by atoms with Crippen LogP contribution in [0.25, 0.3) is 0 Å². The van der Waals surface area contributed by atoms with Crippen molar-refractivity contribution in [2.45, 2.75) is 17.9 Å². The number of hydrogen-bond donors (Lipinski definition) is 1. The topological polar surface area (TPSA) is 75.9 Å². The highest BCUT2D eigenvalue weighted by Gasteiger charge is 2.36. The Bertz CT molecular complexity index is 603. The van der Waals surface area contributed by atoms with Crippen molar-refractivity contribution in [1.82, 2.24) is 9.21 Å². The fourth-order valence-electron chi connectivity index (χ4n) is 2.61. The molecule has 1 aromatic carbocycles. The molecular weight excluding hydrogens is 290 g/mol. The molecule has 0 radical (unpaired) electrons. The third-order valence-corrected chi connectivity index (χ3v) is 5.78. The van der Waals surface area contributed by atoms with Crippen LogP contribution in [0.3, 0.4) is 0 Å². The predicted octanol–water partition coefficient (Wildman–Crippen LogP) is 0.267. The summed E-state index contributed by atoms with van der Waals surface area (Å²) in [4.78, 5) is 2.31. The van der Waals surface area contributed by atoms with Gasteiger partial charge in [-0.3, -0.25) is 0 Å². The van der Waals surface area contributed by atoms with E-state index in [2.05, 4.69) is 4.90 Å². The van der Waals surface area contributed by atoms with Crippen molar-refractivity contribution in [1.29, 1.82) is 0 Å². The van der Waals surface area contributed by atoms with Crippen molar-refractivity contribution in [3.63, 3.8) is 0 Å². The summed E-state index contributed by atoms with van der Waals surface area (Å²) in [5, 5.41) is 0. The Hall–Kier alpha value is -1.15. The molecule has 2 N–H and O–H groups in total. The quantitative estimate of drug-likeness (QED) is 0.863. The van der Waals surface area contributed by atoms with Crippen LogP contribution in [0.5, 0.6) is 5.75 Å². The average Bonchev–Trinajstić information content (AvgIpc) is 2.46. The molecule has 1 heterocycles. The first-order valence-corrected chi connectivity index (χ1v) is 8.39. The van der Waals surface area contributed by atoms with Gasteiger partial charge in [-0.05, 0) is 31.7 Å². The molecule has 0 saturated carbocycles. The zero-order chi connectivity index (χ0) is 15.6. The molecule has 1 saturated heterocycles. The zero-order valence-electron chi connectivity index (χ0n) is 12.7. The maximum atomic E-state index is 13.0. The smallest absolute Gasteiger partial charge is 0.247 e. The highest BCUT2D eigenvalue weighted by atomic mass is 32.2. The molecule has 21 heavy (non-hydrogen) atoms. The molecule has 1 fully saturated rings. The van der Waals surface area contributed by atoms with Crippen LogP contribution in [0.2, 0.25) is 0 Å². The molecule has 0 spiro atoms. The molecular formula is C14H23N3O3S. The van der Waals surface area contributed by atoms with Crippen molar-refractivity contribution >= 4 is 10.0 Å². The third kappa shape index (κ3) is 3.21. The summed E-state index contributed by atoms with van der Waals surface area (Å²) in [5.41, 5.74) is 6.65. The first kappa shape index (κ1) is 16.2. The number of hydrogen-bond acceptors (Lipinski definition) is 5. The molecule has 1 atom stereocenters. The normalized spacial score (nSPS) is 21.4. The minimum Gasteiger partial charge on any atom is -0.495 e. The maximum Gasteiger partial charge on any atom is 0.247 e. The number of nitrogens with zero attached hydrogens (tertiary/aromatic N) is 2. The van der Waals surface area contributed by atoms with Gasteiger partial charge in [0.05, 0.1) is 13.2 Å². The Kier molecular flexibility index (Phi) is 4.88. The Balaban J connectivity index is 2.44. The lowest BCUT2D eigenvalue weighted by Gasteiger charge is -2.38. The van der Waals surface area contributed by atoms with E-state index in [0.29, 0.717) is 31.9 Å². The monoisotopic (exact) mass is 313 g/mol. The van der Waals surface area contributed by atoms with Gasteiger partial charge in [0.2, 0.25) is 10.0 Å². The first-order valence-electron chi connectivity index (χ1n) is 6.95. The van der Waals surface area contributed by atoms with Crippen molar-refractivity contribution in [3.8, 4) is 5.75 Å². The second-order valence-corrected chi connectivity index (χ2v) is 7.28. The minimum absolute atomic E-state index is 0.209. The second kappa shape index (κ2) is 6.31. The molecule has 7 heteroatoms. The number of aryl methyl sites for hydroxylation is 1. The molecule has 118 valence electrons. The molecule has 1 aliphatic rings. The summed E-state index contributed by atoms with van der Waals surface area (Å²) in [5.74, 6) is 0.371. The summed E-state index contributed by atoms with van der Waals surface area (Å²) in [6.07, 6.45) is 0. The van der Waals surface area contributed by atoms with Crippen molar-refractivity contribution in [2.24, 2.45) is 5.73 Å². The summed E-state index contributed by atoms with van der Waals surface area (Å²) in [6, 6.07) is 4.97. The lowest BCUT2D eigenvalue weighted by Crippen LogP contribution is -2.56. The van der Waals surface area contributed by atoms with E-state index in [0.717, 1.165) is 5.56 Å². The predicted molar refractivity (Wildman–Crippen MR) is 82.0 cm³/mol. The van der Waals surface area contributed by atoms with Crippen LogP contribution in [0.4, 0.5) is 0 Å². The molecule has 1 aromatic rings. The standard InChI is InChI=1S/C14H23N3O3S/c1-11-4-5-13(20-3)14(8-11)21(18,19)17-7-6-16(2)10-12(17)9-15/h4-5,8,12H,6-7,9-10,15H2,1-3H3. The molecule has 0 aliphatic carbocycles. The van der Waals surface area contributed by atoms with Crippen LogP contribution >= 0.6 is 0 Å². The number of ether oxygens (including phenoxy) is 1. The van der Waals surface area contributed by atoms with E-state index in [1.165, 1.54) is 11.4 Å². The minimum atomic E-state index is -3.61. The van der Waals surface area contributed by atoms with Gasteiger partial charge >= 0.3 is 0 Å². The first-order chi connectivity index (χ1) is 9.90. The van der Waals surface area contributed by atoms with Gasteiger partial charge in [-0.15, -0.1) is 0 Å². The van der Waals surface area contributed by atoms with Gasteiger partial charge in [0.15, 0.2) is 0 Å². The maximum absolute atomic E-state index is 13.0. The van der Waals surface area contributed by atoms with E-state index in [4.69, 9.17) is 10.5 Å². The van der Waals surface area contributed by atoms with Gasteiger partial charge in [-0.25, -0.2) is 8.42 Å². The number of piperazine rings is 1. The second-order valence-electron chi connectivity index (χ2n) is 5.42. The highest BCUT2D eigenvalue weighted by molar-refractivity contribution is 7.89. The fourth-order valence-corrected chi connectivity index (χ4v) is 4.47. The van der Waals surface area contributed by atoms with Crippen LogP contribution in [-0.2, 0) is 10.0 Å². The summed E-state index contributed by atoms with van der Waals surface area (Å²) in [7, 11) is -0.158. The van der Waals surface area contributed by atoms with Gasteiger partial charge < -0.3 is 15.4 Å². The van der Waals surface area contributed by atoms with E-state index in [1.807, 2.05) is 20.0 Å². The Morgan fingerprint density at radius 1 is 1.38 bits per heavy atom. The van der Waals surface area contributed by atoms with Crippen molar-refractivity contribution < 1.29 is 13.2 Å². The third-order valence-electron chi connectivity index (χ3n) is 3.81. The van der Waals surface area contributed by atoms with Crippen LogP contribution < -0.4 is 10.5 Å². The lowest BCUT2D eigenvalue weighted by molar-refractivity contribution is 0.163. The number of nitrogens with two attached hydrogens (primary N) is 1. The summed E-state index contributed by atoms with van der Waals surface area (Å²) in [6.45, 7) is 3.95. The number of sulfonamides is 1. The van der Waals surface area contributed by atoms with Crippen molar-refractivity contribution in [3.05, 3.63) is 23.8 Å². The summed E-state index contributed by atoms with van der Waals surface area (Å²) >= 11 is 0. The Labute approximate surface area is 126 Å². The van der Waals surface area contributed by atoms with E-state index < -0.39 is 10.0 Å². The molecule has 1 aliphatic heterocycles. The molecule has 0 aromatic heterocycles. The van der Waals surface area contributed by atoms with Crippen LogP contribution in [-0.4, -0.2) is 64.0 Å². The number of likely N-dealkylation sites (N-methyl/N-ethyl adjacent to an activating group) is 1. The molecule has 6 nitrogen and oxygen atoms in total. The van der Waals surface area contributed by atoms with Crippen molar-refractivity contribution in [2.75, 3.05) is 40.3 Å². The number of methoxy groups -OCH3 is 1. The van der Waals surface area contributed by atoms with Crippen LogP contribution in [0.15, 0.2) is 23.1 Å². The van der Waals surface area contributed by atoms with E-state index in [9.17, 15) is 8.42 Å². The Morgan fingerprint density at radius 2 is 2.10 bits per heavy atom. The Morgan fingerprint density at radius 3 is 2.71 bits per heavy atom. The van der Waals surface area contributed by atoms with Gasteiger partial charge in [-0.1, -0.05) is 6.07 Å². The van der Waals surface area contributed by atoms with Gasteiger partial charge in [0, 0.05) is 26.2 Å². The number of rotatable bonds is 4. The highest BCUT2D eigenvalue weighted by Crippen LogP contribution is 2.29. The fraction of sp³-hybridized carbons (Fsp3) is 0.571. The van der Waals surface area contributed by atoms with E-state index in [1.54, 1.807) is 12.1 Å². The lowest BCUT2D eigenvalue weighted by atomic mass is 10.2. The van der Waals surface area contributed by atoms with Gasteiger partial charge in [0.25, 0.3) is 0 Å². The van der Waals surface area contributed by atoms with Gasteiger partial charge in [0.1, 0.15) is 10.6 Å². The van der Waals surface area contributed by atoms with E-state index in [-0.39, 0.29) is 10.9 Å². The average molecular weight is 313 g/mol. The molecule has 2 rings (SSSR count). The number of benzene rings is 1. The molecule has 0 bridgehead atoms. The molecule has 0 amide bonds. The van der Waals surface area contributed by atoms with E-state index >= 15 is 0 Å². The van der Waals surface area contributed by atoms with Gasteiger partial charge in [-0.2, -0.15) is 4.31 Å². The summed E-state index contributed by atoms with van der Waals surface area (Å²) < 4.78 is 32.7. The SMILES string of the molecule is COc1ccc(C)cc1S(=O)(=O)N1CCN(C)CC1CN.